The molecule has 6 heteroatoms. The summed E-state index contributed by atoms with van der Waals surface area (Å²) in [6, 6.07) is 7.07. The van der Waals surface area contributed by atoms with Gasteiger partial charge >= 0.3 is 0 Å². The molecule has 0 atom stereocenters. The van der Waals surface area contributed by atoms with Gasteiger partial charge in [0.25, 0.3) is 0 Å². The van der Waals surface area contributed by atoms with Gasteiger partial charge in [0.05, 0.1) is 26.4 Å². The first-order valence-corrected chi connectivity index (χ1v) is 8.35. The minimum atomic E-state index is -0.163. The van der Waals surface area contributed by atoms with E-state index in [9.17, 15) is 9.59 Å². The monoisotopic (exact) mass is 328 g/mol. The predicted octanol–water partition coefficient (Wildman–Crippen LogP) is 0.942. The highest BCUT2D eigenvalue weighted by molar-refractivity contribution is 6.39. The van der Waals surface area contributed by atoms with E-state index in [-0.39, 0.29) is 11.6 Å². The van der Waals surface area contributed by atoms with Crippen LogP contribution < -0.4 is 0 Å². The lowest BCUT2D eigenvalue weighted by Crippen LogP contribution is -2.47. The van der Waals surface area contributed by atoms with Crippen LogP contribution >= 0.6 is 0 Å². The maximum absolute atomic E-state index is 12.9. The molecule has 2 saturated heterocycles. The highest BCUT2D eigenvalue weighted by atomic mass is 16.5. The first-order valence-electron chi connectivity index (χ1n) is 8.35. The van der Waals surface area contributed by atoms with Gasteiger partial charge in [-0.05, 0) is 0 Å². The van der Waals surface area contributed by atoms with E-state index < -0.39 is 0 Å². The summed E-state index contributed by atoms with van der Waals surface area (Å²) in [4.78, 5) is 30.1. The fourth-order valence-corrected chi connectivity index (χ4v) is 3.52. The maximum Gasteiger partial charge on any atom is 0.201 e. The lowest BCUT2D eigenvalue weighted by atomic mass is 10.1. The van der Waals surface area contributed by atoms with Crippen molar-refractivity contribution in [1.29, 1.82) is 0 Å². The van der Waals surface area contributed by atoms with Gasteiger partial charge in [-0.15, -0.1) is 0 Å². The topological polar surface area (TPSA) is 59.1 Å². The van der Waals surface area contributed by atoms with E-state index >= 15 is 0 Å². The largest absolute Gasteiger partial charge is 0.378 e. The van der Waals surface area contributed by atoms with E-state index in [0.29, 0.717) is 69.3 Å². The van der Waals surface area contributed by atoms with Gasteiger partial charge in [-0.2, -0.15) is 0 Å². The number of fused-ring (bicyclic) bond motifs is 1. The van der Waals surface area contributed by atoms with Crippen molar-refractivity contribution in [2.75, 3.05) is 52.6 Å². The molecule has 2 heterocycles. The molecule has 0 unspecified atom stereocenters. The fourth-order valence-electron chi connectivity index (χ4n) is 3.52. The summed E-state index contributed by atoms with van der Waals surface area (Å²) in [6.07, 6.45) is 0. The van der Waals surface area contributed by atoms with Crippen molar-refractivity contribution >= 4 is 11.6 Å². The van der Waals surface area contributed by atoms with Crippen LogP contribution in [0, 0.1) is 0 Å². The summed E-state index contributed by atoms with van der Waals surface area (Å²) < 4.78 is 10.9. The summed E-state index contributed by atoms with van der Waals surface area (Å²) in [7, 11) is 0. The summed E-state index contributed by atoms with van der Waals surface area (Å²) in [6.45, 7) is 5.18. The van der Waals surface area contributed by atoms with Crippen LogP contribution in [0.4, 0.5) is 0 Å². The molecule has 1 aliphatic carbocycles. The van der Waals surface area contributed by atoms with Gasteiger partial charge in [0.1, 0.15) is 11.4 Å². The van der Waals surface area contributed by atoms with E-state index in [2.05, 4.69) is 9.80 Å². The molecule has 1 aromatic rings. The second-order valence-electron chi connectivity index (χ2n) is 6.10. The van der Waals surface area contributed by atoms with Crippen molar-refractivity contribution < 1.29 is 19.1 Å². The Morgan fingerprint density at radius 2 is 1.17 bits per heavy atom. The summed E-state index contributed by atoms with van der Waals surface area (Å²) in [5.41, 5.74) is 1.33. The molecular formula is C18H20N2O4. The third-order valence-electron chi connectivity index (χ3n) is 4.72. The number of carbonyl (C=O) groups excluding carboxylic acids is 2. The van der Waals surface area contributed by atoms with Crippen molar-refractivity contribution in [3.8, 4) is 0 Å². The Labute approximate surface area is 140 Å². The van der Waals surface area contributed by atoms with Crippen molar-refractivity contribution in [1.82, 2.24) is 9.80 Å². The van der Waals surface area contributed by atoms with Crippen LogP contribution in [0.15, 0.2) is 35.7 Å². The van der Waals surface area contributed by atoms with Crippen LogP contribution in [-0.2, 0) is 9.47 Å². The van der Waals surface area contributed by atoms with E-state index in [0.717, 1.165) is 5.82 Å². The summed E-state index contributed by atoms with van der Waals surface area (Å²) in [5, 5.41) is 0. The van der Waals surface area contributed by atoms with Gasteiger partial charge in [-0.3, -0.25) is 9.59 Å². The highest BCUT2D eigenvalue weighted by Gasteiger charge is 2.39. The molecule has 0 aromatic heterocycles. The molecule has 0 radical (unpaired) electrons. The fraction of sp³-hybridized carbons (Fsp3) is 0.444. The minimum Gasteiger partial charge on any atom is -0.378 e. The molecule has 4 rings (SSSR count). The average molecular weight is 328 g/mol. The van der Waals surface area contributed by atoms with E-state index in [4.69, 9.17) is 9.47 Å². The van der Waals surface area contributed by atoms with Crippen LogP contribution in [0.2, 0.25) is 0 Å². The number of ketones is 2. The van der Waals surface area contributed by atoms with E-state index in [1.807, 2.05) is 0 Å². The van der Waals surface area contributed by atoms with Crippen LogP contribution in [0.25, 0.3) is 0 Å². The van der Waals surface area contributed by atoms with Gasteiger partial charge < -0.3 is 19.3 Å². The number of Topliss-reactive ketones (excluding diaryl/α,β-unsaturated/α-hetero) is 2. The van der Waals surface area contributed by atoms with Gasteiger partial charge in [0.2, 0.25) is 11.6 Å². The Kier molecular flexibility index (Phi) is 4.08. The van der Waals surface area contributed by atoms with E-state index in [1.54, 1.807) is 24.3 Å². The Morgan fingerprint density at radius 3 is 1.58 bits per heavy atom. The smallest absolute Gasteiger partial charge is 0.201 e. The molecule has 0 bridgehead atoms. The number of morpholine rings is 2. The standard InChI is InChI=1S/C18H20N2O4/c21-16-13-3-1-2-4-14(13)17(22)15(16)18(19-5-9-23-10-6-19)20-7-11-24-12-8-20/h1-4H,5-12H2. The zero-order chi connectivity index (χ0) is 16.5. The molecule has 0 N–H and O–H groups in total. The summed E-state index contributed by atoms with van der Waals surface area (Å²) >= 11 is 0. The molecule has 126 valence electrons. The molecule has 0 saturated carbocycles. The minimum absolute atomic E-state index is 0.163. The average Bonchev–Trinajstić information content (AvgIpc) is 2.90. The first kappa shape index (κ1) is 15.4. The van der Waals surface area contributed by atoms with Crippen molar-refractivity contribution in [2.45, 2.75) is 0 Å². The normalized spacial score (nSPS) is 21.2. The van der Waals surface area contributed by atoms with Crippen molar-refractivity contribution in [3.63, 3.8) is 0 Å². The number of nitrogens with zero attached hydrogens (tertiary/aromatic N) is 2. The zero-order valence-electron chi connectivity index (χ0n) is 13.5. The number of rotatable bonds is 2. The van der Waals surface area contributed by atoms with Crippen LogP contribution in [-0.4, -0.2) is 74.0 Å². The lowest BCUT2D eigenvalue weighted by molar-refractivity contribution is 0.00743. The second-order valence-corrected chi connectivity index (χ2v) is 6.10. The summed E-state index contributed by atoms with van der Waals surface area (Å²) in [5.74, 6) is 0.431. The quantitative estimate of drug-likeness (QED) is 0.595. The Hall–Kier alpha value is -2.18. The number of ether oxygens (including phenoxy) is 2. The predicted molar refractivity (Wildman–Crippen MR) is 86.9 cm³/mol. The molecule has 2 aliphatic heterocycles. The van der Waals surface area contributed by atoms with Gasteiger partial charge in [0, 0.05) is 37.3 Å². The van der Waals surface area contributed by atoms with Gasteiger partial charge in [0.15, 0.2) is 0 Å². The van der Waals surface area contributed by atoms with Crippen molar-refractivity contribution in [3.05, 3.63) is 46.8 Å². The lowest BCUT2D eigenvalue weighted by Gasteiger charge is -2.40. The third-order valence-corrected chi connectivity index (χ3v) is 4.72. The number of allylic oxidation sites excluding steroid dienone is 1. The van der Waals surface area contributed by atoms with Crippen LogP contribution in [0.5, 0.6) is 0 Å². The van der Waals surface area contributed by atoms with Crippen LogP contribution in [0.3, 0.4) is 0 Å². The number of hydrogen-bond acceptors (Lipinski definition) is 6. The molecule has 24 heavy (non-hydrogen) atoms. The molecule has 0 amide bonds. The number of hydrogen-bond donors (Lipinski definition) is 0. The van der Waals surface area contributed by atoms with Crippen LogP contribution in [0.1, 0.15) is 20.7 Å². The number of carbonyl (C=O) groups is 2. The highest BCUT2D eigenvalue weighted by Crippen LogP contribution is 2.31. The molecule has 3 aliphatic rings. The Balaban J connectivity index is 1.81. The maximum atomic E-state index is 12.9. The number of benzene rings is 1. The molecule has 1 aromatic carbocycles. The third kappa shape index (κ3) is 2.52. The van der Waals surface area contributed by atoms with Gasteiger partial charge in [-0.1, -0.05) is 24.3 Å². The Bertz CT molecular complexity index is 644. The SMILES string of the molecule is O=C1C(=C(N2CCOCC2)N2CCOCC2)C(=O)c2ccccc21. The molecular weight excluding hydrogens is 308 g/mol. The Morgan fingerprint density at radius 1 is 0.750 bits per heavy atom. The van der Waals surface area contributed by atoms with E-state index in [1.165, 1.54) is 0 Å². The van der Waals surface area contributed by atoms with Crippen molar-refractivity contribution in [2.24, 2.45) is 0 Å². The molecule has 0 spiro atoms. The van der Waals surface area contributed by atoms with Gasteiger partial charge in [-0.25, -0.2) is 0 Å². The molecule has 2 fully saturated rings. The first-order chi connectivity index (χ1) is 11.8. The molecule has 6 nitrogen and oxygen atoms in total. The zero-order valence-corrected chi connectivity index (χ0v) is 13.5. The second kappa shape index (κ2) is 6.37.